The third-order valence-corrected chi connectivity index (χ3v) is 2.41. The second-order valence-electron chi connectivity index (χ2n) is 5.23. The Kier molecular flexibility index (Phi) is 5.41. The minimum atomic E-state index is -0.965. The van der Waals surface area contributed by atoms with Crippen molar-refractivity contribution in [2.45, 2.75) is 52.0 Å². The SMILES string of the molecule is CC(C)(C)OC(O)NNCC1C=CCCC1. The molecule has 0 saturated heterocycles. The molecule has 0 saturated carbocycles. The fourth-order valence-electron chi connectivity index (χ4n) is 1.69. The Morgan fingerprint density at radius 3 is 2.81 bits per heavy atom. The standard InChI is InChI=1S/C12H24N2O2/c1-12(2,3)16-11(15)14-13-9-10-7-5-4-6-8-10/h5,7,10-11,13-15H,4,6,8-9H2,1-3H3. The molecule has 0 fully saturated rings. The highest BCUT2D eigenvalue weighted by atomic mass is 16.6. The van der Waals surface area contributed by atoms with Gasteiger partial charge in [0, 0.05) is 6.54 Å². The molecule has 0 spiro atoms. The van der Waals surface area contributed by atoms with E-state index in [0.29, 0.717) is 5.92 Å². The maximum atomic E-state index is 9.50. The Morgan fingerprint density at radius 2 is 2.25 bits per heavy atom. The molecule has 1 aliphatic rings. The van der Waals surface area contributed by atoms with E-state index in [4.69, 9.17) is 4.74 Å². The van der Waals surface area contributed by atoms with Crippen molar-refractivity contribution < 1.29 is 9.84 Å². The lowest BCUT2D eigenvalue weighted by molar-refractivity contribution is -0.187. The van der Waals surface area contributed by atoms with Crippen molar-refractivity contribution in [3.8, 4) is 0 Å². The first kappa shape index (κ1) is 13.6. The lowest BCUT2D eigenvalue weighted by atomic mass is 9.96. The molecular weight excluding hydrogens is 204 g/mol. The molecule has 4 nitrogen and oxygen atoms in total. The summed E-state index contributed by atoms with van der Waals surface area (Å²) in [6.45, 7) is 6.53. The van der Waals surface area contributed by atoms with Crippen LogP contribution >= 0.6 is 0 Å². The average molecular weight is 228 g/mol. The molecular formula is C12H24N2O2. The van der Waals surface area contributed by atoms with E-state index in [-0.39, 0.29) is 5.60 Å². The fraction of sp³-hybridized carbons (Fsp3) is 0.833. The maximum absolute atomic E-state index is 9.50. The molecule has 0 heterocycles. The van der Waals surface area contributed by atoms with Gasteiger partial charge in [-0.2, -0.15) is 0 Å². The molecule has 0 radical (unpaired) electrons. The van der Waals surface area contributed by atoms with Crippen LogP contribution in [0.25, 0.3) is 0 Å². The van der Waals surface area contributed by atoms with Gasteiger partial charge in [0.15, 0.2) is 0 Å². The number of hydrogen-bond acceptors (Lipinski definition) is 4. The first-order valence-corrected chi connectivity index (χ1v) is 5.98. The van der Waals surface area contributed by atoms with Crippen LogP contribution in [0.3, 0.4) is 0 Å². The zero-order valence-corrected chi connectivity index (χ0v) is 10.5. The van der Waals surface area contributed by atoms with Crippen LogP contribution < -0.4 is 10.9 Å². The molecule has 2 unspecified atom stereocenters. The van der Waals surface area contributed by atoms with Gasteiger partial charge < -0.3 is 9.84 Å². The number of aliphatic hydroxyl groups excluding tert-OH is 1. The molecule has 0 aromatic carbocycles. The zero-order chi connectivity index (χ0) is 12.0. The molecule has 0 amide bonds. The van der Waals surface area contributed by atoms with E-state index in [1.54, 1.807) is 0 Å². The van der Waals surface area contributed by atoms with Crippen molar-refractivity contribution in [3.05, 3.63) is 12.2 Å². The Bertz CT molecular complexity index is 224. The third-order valence-electron chi connectivity index (χ3n) is 2.41. The Morgan fingerprint density at radius 1 is 1.50 bits per heavy atom. The number of ether oxygens (including phenoxy) is 1. The van der Waals surface area contributed by atoms with E-state index in [2.05, 4.69) is 23.0 Å². The predicted molar refractivity (Wildman–Crippen MR) is 64.5 cm³/mol. The van der Waals surface area contributed by atoms with E-state index in [0.717, 1.165) is 6.54 Å². The fourth-order valence-corrected chi connectivity index (χ4v) is 1.69. The van der Waals surface area contributed by atoms with E-state index < -0.39 is 6.41 Å². The first-order valence-electron chi connectivity index (χ1n) is 5.98. The van der Waals surface area contributed by atoms with Crippen LogP contribution in [0.5, 0.6) is 0 Å². The van der Waals surface area contributed by atoms with E-state index in [9.17, 15) is 5.11 Å². The van der Waals surface area contributed by atoms with Gasteiger partial charge in [0.2, 0.25) is 6.41 Å². The van der Waals surface area contributed by atoms with Crippen molar-refractivity contribution in [2.24, 2.45) is 5.92 Å². The van der Waals surface area contributed by atoms with Crippen LogP contribution in [-0.2, 0) is 4.74 Å². The molecule has 16 heavy (non-hydrogen) atoms. The smallest absolute Gasteiger partial charge is 0.226 e. The highest BCUT2D eigenvalue weighted by Gasteiger charge is 2.16. The summed E-state index contributed by atoms with van der Waals surface area (Å²) >= 11 is 0. The normalized spacial score (nSPS) is 23.4. The summed E-state index contributed by atoms with van der Waals surface area (Å²) in [5, 5.41) is 9.50. The van der Waals surface area contributed by atoms with Crippen molar-refractivity contribution in [2.75, 3.05) is 6.54 Å². The van der Waals surface area contributed by atoms with Crippen LogP contribution in [0.2, 0.25) is 0 Å². The third kappa shape index (κ3) is 6.23. The molecule has 0 aliphatic heterocycles. The summed E-state index contributed by atoms with van der Waals surface area (Å²) in [5.74, 6) is 0.558. The van der Waals surface area contributed by atoms with Gasteiger partial charge in [-0.3, -0.25) is 5.43 Å². The van der Waals surface area contributed by atoms with E-state index in [1.807, 2.05) is 20.8 Å². The minimum Gasteiger partial charge on any atom is -0.355 e. The summed E-state index contributed by atoms with van der Waals surface area (Å²) in [5.41, 5.74) is 5.39. The first-order chi connectivity index (χ1) is 7.47. The summed E-state index contributed by atoms with van der Waals surface area (Å²) < 4.78 is 5.29. The summed E-state index contributed by atoms with van der Waals surface area (Å²) in [4.78, 5) is 0. The van der Waals surface area contributed by atoms with Gasteiger partial charge in [-0.15, -0.1) is 0 Å². The molecule has 1 rings (SSSR count). The molecule has 94 valence electrons. The quantitative estimate of drug-likeness (QED) is 0.379. The number of hydrogen-bond donors (Lipinski definition) is 3. The topological polar surface area (TPSA) is 53.5 Å². The van der Waals surface area contributed by atoms with Gasteiger partial charge in [-0.1, -0.05) is 12.2 Å². The van der Waals surface area contributed by atoms with Crippen molar-refractivity contribution >= 4 is 0 Å². The number of nitrogens with one attached hydrogen (secondary N) is 2. The highest BCUT2D eigenvalue weighted by Crippen LogP contribution is 2.15. The van der Waals surface area contributed by atoms with Gasteiger partial charge >= 0.3 is 0 Å². The molecule has 0 bridgehead atoms. The van der Waals surface area contributed by atoms with Crippen LogP contribution in [0.15, 0.2) is 12.2 Å². The average Bonchev–Trinajstić information content (AvgIpc) is 2.16. The second-order valence-corrected chi connectivity index (χ2v) is 5.23. The number of allylic oxidation sites excluding steroid dienone is 1. The molecule has 2 atom stereocenters. The molecule has 3 N–H and O–H groups in total. The Hall–Kier alpha value is -0.420. The van der Waals surface area contributed by atoms with E-state index >= 15 is 0 Å². The molecule has 0 aromatic rings. The van der Waals surface area contributed by atoms with Gasteiger partial charge in [-0.25, -0.2) is 5.43 Å². The van der Waals surface area contributed by atoms with Crippen molar-refractivity contribution in [1.82, 2.24) is 10.9 Å². The summed E-state index contributed by atoms with van der Waals surface area (Å²) in [6.07, 6.45) is 7.14. The highest BCUT2D eigenvalue weighted by molar-refractivity contribution is 4.93. The van der Waals surface area contributed by atoms with Crippen LogP contribution in [-0.4, -0.2) is 23.7 Å². The monoisotopic (exact) mass is 228 g/mol. The van der Waals surface area contributed by atoms with Gasteiger partial charge in [0.25, 0.3) is 0 Å². The van der Waals surface area contributed by atoms with Crippen LogP contribution in [0.1, 0.15) is 40.0 Å². The molecule has 4 heteroatoms. The Labute approximate surface area is 98.0 Å². The van der Waals surface area contributed by atoms with Crippen molar-refractivity contribution in [1.29, 1.82) is 0 Å². The zero-order valence-electron chi connectivity index (χ0n) is 10.5. The largest absolute Gasteiger partial charge is 0.355 e. The number of rotatable bonds is 5. The molecule has 1 aliphatic carbocycles. The summed E-state index contributed by atoms with van der Waals surface area (Å²) in [7, 11) is 0. The summed E-state index contributed by atoms with van der Waals surface area (Å²) in [6, 6.07) is 0. The van der Waals surface area contributed by atoms with Gasteiger partial charge in [0.05, 0.1) is 5.60 Å². The number of aliphatic hydroxyl groups is 1. The predicted octanol–water partition coefficient (Wildman–Crippen LogP) is 1.53. The second kappa shape index (κ2) is 6.35. The lowest BCUT2D eigenvalue weighted by Crippen LogP contribution is -2.47. The van der Waals surface area contributed by atoms with Crippen LogP contribution in [0.4, 0.5) is 0 Å². The van der Waals surface area contributed by atoms with Gasteiger partial charge in [-0.05, 0) is 46.0 Å². The van der Waals surface area contributed by atoms with Crippen molar-refractivity contribution in [3.63, 3.8) is 0 Å². The molecule has 0 aromatic heterocycles. The maximum Gasteiger partial charge on any atom is 0.226 e. The minimum absolute atomic E-state index is 0.348. The lowest BCUT2D eigenvalue weighted by Gasteiger charge is -2.25. The van der Waals surface area contributed by atoms with Crippen LogP contribution in [0, 0.1) is 5.92 Å². The number of hydrazine groups is 1. The van der Waals surface area contributed by atoms with E-state index in [1.165, 1.54) is 19.3 Å². The van der Waals surface area contributed by atoms with Gasteiger partial charge in [0.1, 0.15) is 0 Å². The Balaban J connectivity index is 2.10.